The van der Waals surface area contributed by atoms with E-state index in [1.807, 2.05) is 24.5 Å². The Morgan fingerprint density at radius 1 is 0.311 bits per heavy atom. The Kier molecular flexibility index (Phi) is 4.93. The normalized spacial score (nSPS) is 12.0. The van der Waals surface area contributed by atoms with Gasteiger partial charge in [-0.05, 0) is 66.7 Å². The second kappa shape index (κ2) is 9.15. The molecule has 0 bridgehead atoms. The molecule has 0 aliphatic rings. The molecule has 0 aliphatic carbocycles. The van der Waals surface area contributed by atoms with Crippen molar-refractivity contribution in [2.24, 2.45) is 0 Å². The Morgan fingerprint density at radius 2 is 0.600 bits per heavy atom. The lowest BCUT2D eigenvalue weighted by atomic mass is 10.2. The minimum absolute atomic E-state index is 0.897. The van der Waals surface area contributed by atoms with Crippen molar-refractivity contribution in [1.29, 1.82) is 0 Å². The Balaban J connectivity index is 1.38. The van der Waals surface area contributed by atoms with Gasteiger partial charge in [0.2, 0.25) is 0 Å². The van der Waals surface area contributed by atoms with E-state index in [1.165, 1.54) is 43.6 Å². The molecule has 0 N–H and O–H groups in total. The van der Waals surface area contributed by atoms with Crippen molar-refractivity contribution in [2.75, 3.05) is 0 Å². The summed E-state index contributed by atoms with van der Waals surface area (Å²) in [7, 11) is 0. The Bertz CT molecular complexity index is 2300. The monoisotopic (exact) mass is 575 g/mol. The molecule has 0 spiro atoms. The van der Waals surface area contributed by atoms with E-state index in [9.17, 15) is 0 Å². The maximum absolute atomic E-state index is 4.77. The lowest BCUT2D eigenvalue weighted by molar-refractivity contribution is 1.09. The van der Waals surface area contributed by atoms with Gasteiger partial charge in [0.15, 0.2) is 0 Å². The van der Waals surface area contributed by atoms with Crippen molar-refractivity contribution in [3.05, 3.63) is 152 Å². The van der Waals surface area contributed by atoms with Crippen LogP contribution in [0.15, 0.2) is 152 Å². The summed E-state index contributed by atoms with van der Waals surface area (Å²) in [5, 5.41) is 4.95. The number of hydrogen-bond acceptors (Lipinski definition) is 2. The van der Waals surface area contributed by atoms with Crippen LogP contribution < -0.4 is 0 Å². The van der Waals surface area contributed by atoms with Gasteiger partial charge in [-0.3, -0.25) is 9.97 Å². The largest absolute Gasteiger partial charge is 0.309 e. The van der Waals surface area contributed by atoms with Crippen LogP contribution in [-0.2, 0) is 0 Å². The highest BCUT2D eigenvalue weighted by molar-refractivity contribution is 6.11. The fourth-order valence-corrected chi connectivity index (χ4v) is 7.30. The van der Waals surface area contributed by atoms with Crippen LogP contribution in [0.4, 0.5) is 0 Å². The smallest absolute Gasteiger partial charge is 0.115 e. The van der Waals surface area contributed by atoms with E-state index >= 15 is 0 Å². The zero-order chi connectivity index (χ0) is 29.5. The van der Waals surface area contributed by atoms with E-state index in [-0.39, 0.29) is 0 Å². The van der Waals surface area contributed by atoms with Crippen LogP contribution in [0.5, 0.6) is 0 Å². The number of benzene rings is 5. The van der Waals surface area contributed by atoms with Gasteiger partial charge in [-0.2, -0.15) is 0 Å². The van der Waals surface area contributed by atoms with Crippen molar-refractivity contribution in [1.82, 2.24) is 23.7 Å². The van der Waals surface area contributed by atoms with Crippen LogP contribution in [-0.4, -0.2) is 23.7 Å². The number of pyridine rings is 2. The Hall–Kier alpha value is -6.20. The fraction of sp³-hybridized carbons (Fsp3) is 0. The van der Waals surface area contributed by atoms with Crippen molar-refractivity contribution < 1.29 is 0 Å². The van der Waals surface area contributed by atoms with Gasteiger partial charge >= 0.3 is 0 Å². The molecule has 0 unspecified atom stereocenters. The standard InChI is InChI=1S/C40H25N5/c1-5-15-33-29(11-1)30-12-2-6-16-34(30)43(33)26-23-27(44-35-17-7-3-13-31(35)32-14-4-8-18-36(32)44)25-28(24-26)45-37-19-9-21-41-39(37)40-38(45)20-10-22-42-40/h1-25H. The highest BCUT2D eigenvalue weighted by Gasteiger charge is 2.19. The second-order valence-corrected chi connectivity index (χ2v) is 11.5. The van der Waals surface area contributed by atoms with Crippen LogP contribution in [0.25, 0.3) is 82.7 Å². The third-order valence-corrected chi connectivity index (χ3v) is 9.10. The molecule has 0 fully saturated rings. The van der Waals surface area contributed by atoms with Gasteiger partial charge < -0.3 is 13.7 Å². The molecule has 0 saturated carbocycles. The van der Waals surface area contributed by atoms with Crippen LogP contribution in [0.2, 0.25) is 0 Å². The van der Waals surface area contributed by atoms with Crippen LogP contribution in [0.1, 0.15) is 0 Å². The lowest BCUT2D eigenvalue weighted by Gasteiger charge is -2.17. The molecule has 0 atom stereocenters. The summed E-state index contributed by atoms with van der Waals surface area (Å²) in [6, 6.07) is 49.9. The van der Waals surface area contributed by atoms with Gasteiger partial charge in [0.05, 0.1) is 50.2 Å². The lowest BCUT2D eigenvalue weighted by Crippen LogP contribution is -2.03. The fourth-order valence-electron chi connectivity index (χ4n) is 7.30. The average molecular weight is 576 g/mol. The first kappa shape index (κ1) is 24.3. The molecule has 5 aromatic carbocycles. The molecule has 5 heterocycles. The van der Waals surface area contributed by atoms with Gasteiger partial charge in [-0.15, -0.1) is 0 Å². The number of nitrogens with zero attached hydrogens (tertiary/aromatic N) is 5. The molecular weight excluding hydrogens is 550 g/mol. The van der Waals surface area contributed by atoms with E-state index < -0.39 is 0 Å². The van der Waals surface area contributed by atoms with E-state index in [2.05, 4.69) is 141 Å². The summed E-state index contributed by atoms with van der Waals surface area (Å²) in [6.45, 7) is 0. The maximum Gasteiger partial charge on any atom is 0.115 e. The molecule has 0 radical (unpaired) electrons. The number of aromatic nitrogens is 5. The molecule has 5 aromatic heterocycles. The number of para-hydroxylation sites is 4. The van der Waals surface area contributed by atoms with Gasteiger partial charge in [-0.1, -0.05) is 72.8 Å². The van der Waals surface area contributed by atoms with E-state index in [0.717, 1.165) is 39.1 Å². The third kappa shape index (κ3) is 3.38. The first-order valence-electron chi connectivity index (χ1n) is 15.2. The third-order valence-electron chi connectivity index (χ3n) is 9.10. The second-order valence-electron chi connectivity index (χ2n) is 11.5. The average Bonchev–Trinajstić information content (AvgIpc) is 3.74. The maximum atomic E-state index is 4.77. The van der Waals surface area contributed by atoms with Gasteiger partial charge in [0.1, 0.15) is 11.0 Å². The molecule has 10 rings (SSSR count). The van der Waals surface area contributed by atoms with Crippen LogP contribution in [0.3, 0.4) is 0 Å². The molecule has 5 heteroatoms. The van der Waals surface area contributed by atoms with Gasteiger partial charge in [-0.25, -0.2) is 0 Å². The topological polar surface area (TPSA) is 40.6 Å². The van der Waals surface area contributed by atoms with Crippen molar-refractivity contribution in [2.45, 2.75) is 0 Å². The van der Waals surface area contributed by atoms with Gasteiger partial charge in [0.25, 0.3) is 0 Å². The van der Waals surface area contributed by atoms with Crippen LogP contribution in [0, 0.1) is 0 Å². The summed E-state index contributed by atoms with van der Waals surface area (Å²) >= 11 is 0. The summed E-state index contributed by atoms with van der Waals surface area (Å²) in [5.74, 6) is 0. The molecule has 45 heavy (non-hydrogen) atoms. The zero-order valence-electron chi connectivity index (χ0n) is 24.2. The van der Waals surface area contributed by atoms with Crippen molar-refractivity contribution in [3.63, 3.8) is 0 Å². The molecular formula is C40H25N5. The molecule has 0 amide bonds. The molecule has 0 saturated heterocycles. The molecule has 5 nitrogen and oxygen atoms in total. The van der Waals surface area contributed by atoms with E-state index in [4.69, 9.17) is 9.97 Å². The minimum atomic E-state index is 0.897. The SMILES string of the molecule is c1ccc2c(c1)c1ccccc1n2-c1cc(-n2c3ccccc3c3ccccc32)cc(-n2c3cccnc3c3ncccc32)c1. The first-order valence-corrected chi connectivity index (χ1v) is 15.2. The molecule has 210 valence electrons. The van der Waals surface area contributed by atoms with Crippen molar-refractivity contribution in [3.8, 4) is 17.1 Å². The predicted molar refractivity (Wildman–Crippen MR) is 185 cm³/mol. The van der Waals surface area contributed by atoms with Gasteiger partial charge in [0, 0.05) is 33.9 Å². The number of rotatable bonds is 3. The molecule has 0 aliphatic heterocycles. The summed E-state index contributed by atoms with van der Waals surface area (Å²) in [4.78, 5) is 9.54. The number of hydrogen-bond donors (Lipinski definition) is 0. The summed E-state index contributed by atoms with van der Waals surface area (Å²) in [6.07, 6.45) is 3.69. The predicted octanol–water partition coefficient (Wildman–Crippen LogP) is 9.77. The summed E-state index contributed by atoms with van der Waals surface area (Å²) < 4.78 is 7.10. The Morgan fingerprint density at radius 3 is 0.956 bits per heavy atom. The highest BCUT2D eigenvalue weighted by Crippen LogP contribution is 2.38. The Labute approximate surface area is 257 Å². The van der Waals surface area contributed by atoms with E-state index in [1.54, 1.807) is 0 Å². The molecule has 10 aromatic rings. The first-order chi connectivity index (χ1) is 22.3. The minimum Gasteiger partial charge on any atom is -0.309 e. The highest BCUT2D eigenvalue weighted by atomic mass is 15.1. The van der Waals surface area contributed by atoms with Crippen LogP contribution >= 0.6 is 0 Å². The zero-order valence-corrected chi connectivity index (χ0v) is 24.2. The summed E-state index contributed by atoms with van der Waals surface area (Å²) in [5.41, 5.74) is 11.8. The number of fused-ring (bicyclic) bond motifs is 9. The van der Waals surface area contributed by atoms with Crippen molar-refractivity contribution >= 4 is 65.7 Å². The quantitative estimate of drug-likeness (QED) is 0.210. The van der Waals surface area contributed by atoms with E-state index in [0.29, 0.717) is 0 Å².